The molecule has 2 aliphatic rings. The molecule has 0 saturated carbocycles. The lowest BCUT2D eigenvalue weighted by Crippen LogP contribution is -2.48. The molecule has 3 heterocycles. The molecule has 2 aliphatic heterocycles. The van der Waals surface area contributed by atoms with E-state index >= 15 is 0 Å². The Balaban J connectivity index is 1.69. The van der Waals surface area contributed by atoms with Gasteiger partial charge in [-0.1, -0.05) is 6.07 Å². The van der Waals surface area contributed by atoms with Gasteiger partial charge in [-0.3, -0.25) is 43.9 Å². The fraction of sp³-hybridized carbons (Fsp3) is 0.724. The lowest BCUT2D eigenvalue weighted by atomic mass is 10.2. The highest BCUT2D eigenvalue weighted by Gasteiger charge is 2.20. The van der Waals surface area contributed by atoms with E-state index in [4.69, 9.17) is 4.98 Å². The molecule has 2 saturated heterocycles. The van der Waals surface area contributed by atoms with E-state index in [1.807, 2.05) is 39.4 Å². The lowest BCUT2D eigenvalue weighted by molar-refractivity contribution is -0.140. The van der Waals surface area contributed by atoms with E-state index in [1.54, 1.807) is 4.90 Å². The van der Waals surface area contributed by atoms with Crippen LogP contribution in [-0.2, 0) is 27.5 Å². The number of carboxylic acids is 3. The van der Waals surface area contributed by atoms with Gasteiger partial charge in [-0.05, 0) is 12.1 Å². The molecule has 0 bridgehead atoms. The number of hydrogen-bond donors (Lipinski definition) is 3. The van der Waals surface area contributed by atoms with Crippen LogP contribution in [0, 0.1) is 0 Å². The van der Waals surface area contributed by atoms with E-state index in [9.17, 15) is 29.7 Å². The number of thioether (sulfide) groups is 3. The average molecular weight is 673 g/mol. The maximum absolute atomic E-state index is 11.6. The Bertz CT molecular complexity index is 984. The summed E-state index contributed by atoms with van der Waals surface area (Å²) in [6.07, 6.45) is 0. The largest absolute Gasteiger partial charge is 0.480 e. The van der Waals surface area contributed by atoms with Crippen molar-refractivity contribution in [2.45, 2.75) is 13.1 Å². The van der Waals surface area contributed by atoms with Crippen molar-refractivity contribution in [1.29, 1.82) is 0 Å². The van der Waals surface area contributed by atoms with E-state index in [1.165, 1.54) is 23.0 Å². The molecule has 0 unspecified atom stereocenters. The van der Waals surface area contributed by atoms with E-state index in [-0.39, 0.29) is 19.6 Å². The van der Waals surface area contributed by atoms with Crippen LogP contribution in [0.2, 0.25) is 0 Å². The van der Waals surface area contributed by atoms with E-state index in [2.05, 4.69) is 33.7 Å². The lowest BCUT2D eigenvalue weighted by Gasteiger charge is -2.33. The zero-order valence-corrected chi connectivity index (χ0v) is 28.0. The third-order valence-electron chi connectivity index (χ3n) is 7.49. The van der Waals surface area contributed by atoms with Crippen molar-refractivity contribution in [3.63, 3.8) is 0 Å². The first-order valence-electron chi connectivity index (χ1n) is 15.2. The van der Waals surface area contributed by atoms with Crippen LogP contribution in [0.5, 0.6) is 0 Å². The van der Waals surface area contributed by atoms with Crippen LogP contribution in [0.4, 0.5) is 0 Å². The second kappa shape index (κ2) is 21.3. The number of aromatic nitrogens is 1. The third kappa shape index (κ3) is 16.1. The minimum atomic E-state index is -0.965. The predicted octanol–water partition coefficient (Wildman–Crippen LogP) is 1.07. The van der Waals surface area contributed by atoms with Crippen molar-refractivity contribution in [2.75, 3.05) is 120 Å². The van der Waals surface area contributed by atoms with Crippen LogP contribution in [0.1, 0.15) is 11.4 Å². The molecule has 0 spiro atoms. The molecule has 15 heteroatoms. The summed E-state index contributed by atoms with van der Waals surface area (Å²) in [5.41, 5.74) is 1.97. The van der Waals surface area contributed by atoms with Gasteiger partial charge in [0.15, 0.2) is 0 Å². The van der Waals surface area contributed by atoms with Gasteiger partial charge >= 0.3 is 17.9 Å². The molecular formula is C29H48N6O6S3. The van der Waals surface area contributed by atoms with Crippen LogP contribution in [-0.4, -0.2) is 182 Å². The Labute approximate surface area is 273 Å². The summed E-state index contributed by atoms with van der Waals surface area (Å²) >= 11 is 6.10. The van der Waals surface area contributed by atoms with E-state index in [0.29, 0.717) is 58.9 Å². The summed E-state index contributed by atoms with van der Waals surface area (Å²) < 4.78 is 0. The molecule has 3 N–H and O–H groups in total. The van der Waals surface area contributed by atoms with Gasteiger partial charge in [0.05, 0.1) is 31.0 Å². The fourth-order valence-electron chi connectivity index (χ4n) is 5.15. The Hall–Kier alpha value is -1.59. The summed E-state index contributed by atoms with van der Waals surface area (Å²) in [7, 11) is 0. The SMILES string of the molecule is O=C(O)CN1CCN(CC(=O)O)CCN(Cc2cccc(CN3CCSCCSCCSCC3)n2)CCN(CC(=O)O)CC1. The van der Waals surface area contributed by atoms with E-state index < -0.39 is 17.9 Å². The number of carboxylic acid groups (broad SMARTS) is 3. The number of hydrogen-bond acceptors (Lipinski definition) is 12. The molecule has 0 radical (unpaired) electrons. The Morgan fingerprint density at radius 3 is 1.20 bits per heavy atom. The maximum atomic E-state index is 11.6. The van der Waals surface area contributed by atoms with Crippen molar-refractivity contribution in [2.24, 2.45) is 0 Å². The zero-order valence-electron chi connectivity index (χ0n) is 25.6. The zero-order chi connectivity index (χ0) is 31.6. The monoisotopic (exact) mass is 672 g/mol. The first-order valence-corrected chi connectivity index (χ1v) is 18.7. The highest BCUT2D eigenvalue weighted by Crippen LogP contribution is 2.15. The molecular weight excluding hydrogens is 625 g/mol. The highest BCUT2D eigenvalue weighted by molar-refractivity contribution is 8.04. The Kier molecular flexibility index (Phi) is 17.8. The molecule has 1 aromatic rings. The quantitative estimate of drug-likeness (QED) is 0.326. The van der Waals surface area contributed by atoms with Crippen molar-refractivity contribution >= 4 is 53.2 Å². The standard InChI is InChI=1S/C29H48N6O6S3/c36-27(37)22-32-6-4-31(5-7-33(23-28(38)39)9-11-34(10-8-32)24-29(40)41)20-25-2-1-3-26(30-25)21-35-12-14-42-16-18-44-19-17-43-15-13-35/h1-3H,4-24H2,(H,36,37)(H,38,39)(H,40,41). The first-order chi connectivity index (χ1) is 21.3. The summed E-state index contributed by atoms with van der Waals surface area (Å²) in [6.45, 7) is 6.76. The summed E-state index contributed by atoms with van der Waals surface area (Å²) in [4.78, 5) is 49.8. The highest BCUT2D eigenvalue weighted by atomic mass is 32.2. The van der Waals surface area contributed by atoms with Gasteiger partial charge in [-0.2, -0.15) is 35.3 Å². The van der Waals surface area contributed by atoms with Crippen molar-refractivity contribution < 1.29 is 29.7 Å². The molecule has 44 heavy (non-hydrogen) atoms. The van der Waals surface area contributed by atoms with Crippen molar-refractivity contribution in [3.8, 4) is 0 Å². The normalized spacial score (nSPS) is 20.9. The summed E-state index contributed by atoms with van der Waals surface area (Å²) in [5, 5.41) is 28.3. The van der Waals surface area contributed by atoms with Gasteiger partial charge in [0, 0.05) is 113 Å². The van der Waals surface area contributed by atoms with E-state index in [0.717, 1.165) is 42.5 Å². The van der Waals surface area contributed by atoms with Gasteiger partial charge in [-0.15, -0.1) is 0 Å². The smallest absolute Gasteiger partial charge is 0.317 e. The molecule has 3 rings (SSSR count). The van der Waals surface area contributed by atoms with Crippen molar-refractivity contribution in [3.05, 3.63) is 29.6 Å². The molecule has 248 valence electrons. The minimum Gasteiger partial charge on any atom is -0.480 e. The molecule has 12 nitrogen and oxygen atoms in total. The number of pyridine rings is 1. The van der Waals surface area contributed by atoms with Gasteiger partial charge in [-0.25, -0.2) is 0 Å². The summed E-state index contributed by atoms with van der Waals surface area (Å²) in [5.74, 6) is 4.25. The van der Waals surface area contributed by atoms with Crippen LogP contribution in [0.15, 0.2) is 18.2 Å². The number of carbonyl (C=O) groups is 3. The minimum absolute atomic E-state index is 0.126. The summed E-state index contributed by atoms with van der Waals surface area (Å²) in [6, 6.07) is 6.15. The van der Waals surface area contributed by atoms with Gasteiger partial charge in [0.2, 0.25) is 0 Å². The average Bonchev–Trinajstić information content (AvgIpc) is 2.95. The van der Waals surface area contributed by atoms with Gasteiger partial charge in [0.1, 0.15) is 0 Å². The van der Waals surface area contributed by atoms with Gasteiger partial charge < -0.3 is 15.3 Å². The van der Waals surface area contributed by atoms with Gasteiger partial charge in [0.25, 0.3) is 0 Å². The first kappa shape index (κ1) is 36.9. The van der Waals surface area contributed by atoms with Crippen LogP contribution < -0.4 is 0 Å². The molecule has 0 atom stereocenters. The topological polar surface area (TPSA) is 141 Å². The van der Waals surface area contributed by atoms with Crippen LogP contribution >= 0.6 is 35.3 Å². The second-order valence-electron chi connectivity index (χ2n) is 11.0. The molecule has 1 aromatic heterocycles. The number of rotatable bonds is 10. The third-order valence-corrected chi connectivity index (χ3v) is 10.9. The second-order valence-corrected chi connectivity index (χ2v) is 14.7. The van der Waals surface area contributed by atoms with Crippen LogP contribution in [0.25, 0.3) is 0 Å². The van der Waals surface area contributed by atoms with Crippen molar-refractivity contribution in [1.82, 2.24) is 29.5 Å². The number of aliphatic carboxylic acids is 3. The molecule has 0 amide bonds. The Morgan fingerprint density at radius 2 is 0.841 bits per heavy atom. The maximum Gasteiger partial charge on any atom is 0.317 e. The Morgan fingerprint density at radius 1 is 0.523 bits per heavy atom. The fourth-order valence-corrected chi connectivity index (χ4v) is 8.42. The molecule has 0 aromatic carbocycles. The predicted molar refractivity (Wildman–Crippen MR) is 179 cm³/mol. The number of nitrogens with zero attached hydrogens (tertiary/aromatic N) is 6. The molecule has 0 aliphatic carbocycles. The van der Waals surface area contributed by atoms with Crippen LogP contribution in [0.3, 0.4) is 0 Å². The molecule has 2 fully saturated rings.